The zero-order valence-corrected chi connectivity index (χ0v) is 13.4. The quantitative estimate of drug-likeness (QED) is 0.612. The summed E-state index contributed by atoms with van der Waals surface area (Å²) in [5.74, 6) is -5.44. The van der Waals surface area contributed by atoms with Crippen LogP contribution in [-0.4, -0.2) is 37.6 Å². The Hall–Kier alpha value is -2.61. The lowest BCUT2D eigenvalue weighted by Gasteiger charge is -2.17. The van der Waals surface area contributed by atoms with Gasteiger partial charge in [-0.2, -0.15) is 0 Å². The largest absolute Gasteiger partial charge is 0.489 e. The van der Waals surface area contributed by atoms with Crippen LogP contribution in [0.3, 0.4) is 0 Å². The first kappa shape index (κ1) is 18.7. The molecule has 0 aliphatic carbocycles. The summed E-state index contributed by atoms with van der Waals surface area (Å²) in [7, 11) is 1.60. The van der Waals surface area contributed by atoms with Crippen molar-refractivity contribution in [1.82, 2.24) is 4.90 Å². The number of halogens is 4. The Morgan fingerprint density at radius 1 is 1.04 bits per heavy atom. The van der Waals surface area contributed by atoms with E-state index in [0.717, 1.165) is 12.1 Å². The molecule has 0 radical (unpaired) electrons. The van der Waals surface area contributed by atoms with Gasteiger partial charge in [-0.15, -0.1) is 0 Å². The van der Waals surface area contributed by atoms with Gasteiger partial charge in [-0.05, 0) is 31.3 Å². The van der Waals surface area contributed by atoms with Crippen molar-refractivity contribution in [3.8, 4) is 5.75 Å². The second kappa shape index (κ2) is 8.48. The fraction of sp³-hybridized carbons (Fsp3) is 0.235. The number of ether oxygens (including phenoxy) is 1. The molecule has 0 atom stereocenters. The number of hydrogen-bond donors (Lipinski definition) is 1. The molecule has 2 aromatic carbocycles. The van der Waals surface area contributed by atoms with Crippen molar-refractivity contribution in [2.45, 2.75) is 0 Å². The summed E-state index contributed by atoms with van der Waals surface area (Å²) in [6.07, 6.45) is 0. The van der Waals surface area contributed by atoms with Crippen LogP contribution in [0, 0.1) is 23.3 Å². The highest BCUT2D eigenvalue weighted by molar-refractivity contribution is 5.92. The normalized spacial score (nSPS) is 10.8. The van der Waals surface area contributed by atoms with Gasteiger partial charge in [0.25, 0.3) is 0 Å². The van der Waals surface area contributed by atoms with E-state index in [1.165, 1.54) is 18.2 Å². The number of benzene rings is 2. The lowest BCUT2D eigenvalue weighted by Crippen LogP contribution is -2.33. The van der Waals surface area contributed by atoms with Crippen molar-refractivity contribution in [1.29, 1.82) is 0 Å². The number of nitrogens with zero attached hydrogens (tertiary/aromatic N) is 1. The van der Waals surface area contributed by atoms with Crippen LogP contribution in [0.1, 0.15) is 0 Å². The average Bonchev–Trinajstić information content (AvgIpc) is 2.57. The monoisotopic (exact) mass is 356 g/mol. The summed E-state index contributed by atoms with van der Waals surface area (Å²) in [5.41, 5.74) is -0.445. The van der Waals surface area contributed by atoms with Gasteiger partial charge in [-0.25, -0.2) is 17.6 Å². The summed E-state index contributed by atoms with van der Waals surface area (Å²) in [6, 6.07) is 7.58. The van der Waals surface area contributed by atoms with Crippen molar-refractivity contribution in [3.05, 3.63) is 59.7 Å². The third-order valence-electron chi connectivity index (χ3n) is 3.29. The maximum atomic E-state index is 13.5. The minimum atomic E-state index is -1.65. The Kier molecular flexibility index (Phi) is 6.35. The SMILES string of the molecule is CN(CCOc1ccccc1F)CC(=O)Nc1ccc(F)c(F)c1F. The van der Waals surface area contributed by atoms with Gasteiger partial charge in [0.1, 0.15) is 6.61 Å². The first-order valence-electron chi connectivity index (χ1n) is 7.37. The van der Waals surface area contributed by atoms with E-state index in [2.05, 4.69) is 5.32 Å². The second-order valence-electron chi connectivity index (χ2n) is 5.29. The van der Waals surface area contributed by atoms with Gasteiger partial charge in [0.15, 0.2) is 29.0 Å². The van der Waals surface area contributed by atoms with Crippen molar-refractivity contribution < 1.29 is 27.1 Å². The molecule has 0 spiro atoms. The summed E-state index contributed by atoms with van der Waals surface area (Å²) in [5, 5.41) is 2.16. The van der Waals surface area contributed by atoms with E-state index in [1.54, 1.807) is 18.0 Å². The van der Waals surface area contributed by atoms with Crippen LogP contribution in [0.25, 0.3) is 0 Å². The molecule has 8 heteroatoms. The molecular weight excluding hydrogens is 340 g/mol. The maximum absolute atomic E-state index is 13.5. The van der Waals surface area contributed by atoms with Crippen LogP contribution in [0.4, 0.5) is 23.2 Å². The maximum Gasteiger partial charge on any atom is 0.238 e. The van der Waals surface area contributed by atoms with Gasteiger partial charge in [0.2, 0.25) is 5.91 Å². The smallest absolute Gasteiger partial charge is 0.238 e. The Morgan fingerprint density at radius 3 is 2.48 bits per heavy atom. The average molecular weight is 356 g/mol. The molecule has 134 valence electrons. The highest BCUT2D eigenvalue weighted by Crippen LogP contribution is 2.19. The molecule has 0 aromatic heterocycles. The molecule has 0 aliphatic rings. The minimum absolute atomic E-state index is 0.101. The Bertz CT molecular complexity index is 755. The van der Waals surface area contributed by atoms with E-state index in [1.807, 2.05) is 0 Å². The third kappa shape index (κ3) is 5.18. The van der Waals surface area contributed by atoms with Gasteiger partial charge >= 0.3 is 0 Å². The Labute approximate surface area is 142 Å². The van der Waals surface area contributed by atoms with Crippen molar-refractivity contribution >= 4 is 11.6 Å². The number of rotatable bonds is 7. The number of carbonyl (C=O) groups excluding carboxylic acids is 1. The standard InChI is InChI=1S/C17H16F4N2O2/c1-23(8-9-25-14-5-3-2-4-11(14)18)10-15(24)22-13-7-6-12(19)16(20)17(13)21/h2-7H,8-10H2,1H3,(H,22,24). The zero-order chi connectivity index (χ0) is 18.4. The molecule has 0 saturated carbocycles. The van der Waals surface area contributed by atoms with Crippen LogP contribution in [0.2, 0.25) is 0 Å². The molecule has 0 saturated heterocycles. The minimum Gasteiger partial charge on any atom is -0.489 e. The number of para-hydroxylation sites is 1. The number of amides is 1. The Morgan fingerprint density at radius 2 is 1.76 bits per heavy atom. The fourth-order valence-electron chi connectivity index (χ4n) is 2.01. The van der Waals surface area contributed by atoms with Gasteiger partial charge < -0.3 is 10.1 Å². The van der Waals surface area contributed by atoms with Gasteiger partial charge in [0.05, 0.1) is 12.2 Å². The molecule has 0 heterocycles. The molecule has 25 heavy (non-hydrogen) atoms. The fourth-order valence-corrected chi connectivity index (χ4v) is 2.01. The molecule has 0 fully saturated rings. The number of anilines is 1. The Balaban J connectivity index is 1.80. The predicted molar refractivity (Wildman–Crippen MR) is 84.3 cm³/mol. The van der Waals surface area contributed by atoms with Crippen LogP contribution in [0.15, 0.2) is 36.4 Å². The molecule has 2 rings (SSSR count). The van der Waals surface area contributed by atoms with Gasteiger partial charge in [0, 0.05) is 6.54 Å². The van der Waals surface area contributed by atoms with E-state index in [-0.39, 0.29) is 18.9 Å². The first-order chi connectivity index (χ1) is 11.9. The summed E-state index contributed by atoms with van der Waals surface area (Å²) in [4.78, 5) is 13.4. The highest BCUT2D eigenvalue weighted by Gasteiger charge is 2.16. The number of carbonyl (C=O) groups is 1. The number of hydrogen-bond acceptors (Lipinski definition) is 3. The molecular formula is C17H16F4N2O2. The van der Waals surface area contributed by atoms with Gasteiger partial charge in [-0.1, -0.05) is 12.1 Å². The summed E-state index contributed by atoms with van der Waals surface area (Å²) in [6.45, 7) is 0.283. The lowest BCUT2D eigenvalue weighted by atomic mass is 10.2. The molecule has 0 aliphatic heterocycles. The molecule has 0 unspecified atom stereocenters. The van der Waals surface area contributed by atoms with Crippen molar-refractivity contribution in [2.75, 3.05) is 32.1 Å². The van der Waals surface area contributed by atoms with Crippen LogP contribution >= 0.6 is 0 Å². The molecule has 0 bridgehead atoms. The highest BCUT2D eigenvalue weighted by atomic mass is 19.2. The van der Waals surface area contributed by atoms with E-state index >= 15 is 0 Å². The molecule has 2 aromatic rings. The molecule has 1 amide bonds. The van der Waals surface area contributed by atoms with Crippen LogP contribution in [0.5, 0.6) is 5.75 Å². The molecule has 1 N–H and O–H groups in total. The summed E-state index contributed by atoms with van der Waals surface area (Å²) < 4.78 is 58.1. The lowest BCUT2D eigenvalue weighted by molar-refractivity contribution is -0.117. The van der Waals surface area contributed by atoms with E-state index in [9.17, 15) is 22.4 Å². The van der Waals surface area contributed by atoms with Crippen molar-refractivity contribution in [2.24, 2.45) is 0 Å². The van der Waals surface area contributed by atoms with Gasteiger partial charge in [-0.3, -0.25) is 9.69 Å². The second-order valence-corrected chi connectivity index (χ2v) is 5.29. The predicted octanol–water partition coefficient (Wildman–Crippen LogP) is 3.19. The number of nitrogens with one attached hydrogen (secondary N) is 1. The zero-order valence-electron chi connectivity index (χ0n) is 13.4. The topological polar surface area (TPSA) is 41.6 Å². The van der Waals surface area contributed by atoms with E-state index in [0.29, 0.717) is 6.54 Å². The van der Waals surface area contributed by atoms with E-state index < -0.39 is 34.9 Å². The van der Waals surface area contributed by atoms with Crippen LogP contribution < -0.4 is 10.1 Å². The first-order valence-corrected chi connectivity index (χ1v) is 7.37. The van der Waals surface area contributed by atoms with Crippen molar-refractivity contribution in [3.63, 3.8) is 0 Å². The molecule has 4 nitrogen and oxygen atoms in total. The van der Waals surface area contributed by atoms with E-state index in [4.69, 9.17) is 4.74 Å². The third-order valence-corrected chi connectivity index (χ3v) is 3.29. The summed E-state index contributed by atoms with van der Waals surface area (Å²) >= 11 is 0. The number of likely N-dealkylation sites (N-methyl/N-ethyl adjacent to an activating group) is 1. The van der Waals surface area contributed by atoms with Crippen LogP contribution in [-0.2, 0) is 4.79 Å².